The molecular formula is C50H52N4O. The molecule has 0 unspecified atom stereocenters. The summed E-state index contributed by atoms with van der Waals surface area (Å²) >= 11 is 0. The Labute approximate surface area is 326 Å². The van der Waals surface area contributed by atoms with Crippen molar-refractivity contribution in [1.82, 2.24) is 9.55 Å². The van der Waals surface area contributed by atoms with E-state index in [9.17, 15) is 0 Å². The minimum Gasteiger partial charge on any atom is -0.457 e. The highest BCUT2D eigenvalue weighted by Gasteiger charge is 2.30. The van der Waals surface area contributed by atoms with Crippen molar-refractivity contribution < 1.29 is 4.74 Å². The molecule has 0 spiro atoms. The summed E-state index contributed by atoms with van der Waals surface area (Å²) in [6, 6.07) is 44.1. The second-order valence-corrected chi connectivity index (χ2v) is 17.7. The van der Waals surface area contributed by atoms with Gasteiger partial charge in [0.2, 0.25) is 0 Å². The van der Waals surface area contributed by atoms with Crippen LogP contribution in [0.2, 0.25) is 0 Å². The van der Waals surface area contributed by atoms with Crippen LogP contribution in [0.3, 0.4) is 0 Å². The van der Waals surface area contributed by atoms with Gasteiger partial charge in [-0.1, -0.05) is 103 Å². The van der Waals surface area contributed by atoms with Crippen LogP contribution >= 0.6 is 0 Å². The summed E-state index contributed by atoms with van der Waals surface area (Å²) in [4.78, 5) is 9.79. The van der Waals surface area contributed by atoms with Gasteiger partial charge < -0.3 is 14.5 Å². The van der Waals surface area contributed by atoms with Crippen LogP contribution in [-0.4, -0.2) is 16.2 Å². The monoisotopic (exact) mass is 724 g/mol. The van der Waals surface area contributed by atoms with Crippen LogP contribution in [0.1, 0.15) is 96.3 Å². The van der Waals surface area contributed by atoms with Gasteiger partial charge in [0.25, 0.3) is 0 Å². The zero-order chi connectivity index (χ0) is 37.9. The number of hydrogen-bond donors (Lipinski definition) is 0. The van der Waals surface area contributed by atoms with Crippen molar-refractivity contribution in [3.63, 3.8) is 0 Å². The van der Waals surface area contributed by atoms with Crippen LogP contribution < -0.4 is 14.5 Å². The lowest BCUT2D eigenvalue weighted by atomic mass is 9.80. The fourth-order valence-electron chi connectivity index (χ4n) is 8.67. The SMILES string of the molecule is CC(C)(C)c1cc(C2CCCCC2)cc(N2CN(c3cccc(Oc4ccc5c6ccccc6n(-c6cc(C(C)(C)C)ccn6)c5c4)c3)c3ccccc32)c1. The Morgan fingerprint density at radius 1 is 0.564 bits per heavy atom. The third-order valence-corrected chi connectivity index (χ3v) is 11.8. The molecule has 55 heavy (non-hydrogen) atoms. The van der Waals surface area contributed by atoms with Crippen LogP contribution in [0, 0.1) is 0 Å². The third-order valence-electron chi connectivity index (χ3n) is 11.8. The molecule has 5 heteroatoms. The molecule has 1 fully saturated rings. The Morgan fingerprint density at radius 3 is 2.02 bits per heavy atom. The maximum Gasteiger partial charge on any atom is 0.137 e. The molecule has 0 atom stereocenters. The lowest BCUT2D eigenvalue weighted by Crippen LogP contribution is -2.25. The van der Waals surface area contributed by atoms with Gasteiger partial charge in [0.15, 0.2) is 0 Å². The Bertz CT molecular complexity index is 2530. The average Bonchev–Trinajstić information content (AvgIpc) is 3.74. The van der Waals surface area contributed by atoms with Gasteiger partial charge in [-0.15, -0.1) is 0 Å². The third kappa shape index (κ3) is 6.64. The summed E-state index contributed by atoms with van der Waals surface area (Å²) < 4.78 is 8.98. The van der Waals surface area contributed by atoms with Gasteiger partial charge in [-0.05, 0) is 113 Å². The minimum absolute atomic E-state index is 0.0109. The predicted octanol–water partition coefficient (Wildman–Crippen LogP) is 13.9. The van der Waals surface area contributed by atoms with Crippen molar-refractivity contribution >= 4 is 44.6 Å². The van der Waals surface area contributed by atoms with E-state index in [4.69, 9.17) is 9.72 Å². The van der Waals surface area contributed by atoms with Crippen molar-refractivity contribution in [1.29, 1.82) is 0 Å². The molecule has 7 aromatic rings. The summed E-state index contributed by atoms with van der Waals surface area (Å²) in [5, 5.41) is 2.38. The van der Waals surface area contributed by atoms with Crippen molar-refractivity contribution in [3.8, 4) is 17.3 Å². The molecule has 3 heterocycles. The van der Waals surface area contributed by atoms with Crippen LogP contribution in [-0.2, 0) is 10.8 Å². The first kappa shape index (κ1) is 35.2. The van der Waals surface area contributed by atoms with Crippen LogP contribution in [0.15, 0.2) is 128 Å². The molecule has 5 nitrogen and oxygen atoms in total. The normalized spacial score (nSPS) is 15.2. The Hall–Kier alpha value is -5.55. The Morgan fingerprint density at radius 2 is 1.25 bits per heavy atom. The maximum atomic E-state index is 6.71. The Balaban J connectivity index is 1.06. The van der Waals surface area contributed by atoms with E-state index in [2.05, 4.69) is 177 Å². The molecule has 5 aromatic carbocycles. The first-order valence-electron chi connectivity index (χ1n) is 20.1. The number of fused-ring (bicyclic) bond motifs is 4. The van der Waals surface area contributed by atoms with E-state index in [1.165, 1.54) is 76.6 Å². The summed E-state index contributed by atoms with van der Waals surface area (Å²) in [6.07, 6.45) is 8.54. The van der Waals surface area contributed by atoms with Crippen molar-refractivity contribution in [2.45, 2.75) is 90.4 Å². The molecule has 1 saturated carbocycles. The topological polar surface area (TPSA) is 33.5 Å². The smallest absolute Gasteiger partial charge is 0.137 e. The van der Waals surface area contributed by atoms with E-state index in [0.717, 1.165) is 40.7 Å². The van der Waals surface area contributed by atoms with Gasteiger partial charge in [-0.2, -0.15) is 0 Å². The fourth-order valence-corrected chi connectivity index (χ4v) is 8.67. The zero-order valence-electron chi connectivity index (χ0n) is 33.1. The van der Waals surface area contributed by atoms with E-state index in [-0.39, 0.29) is 10.8 Å². The summed E-state index contributed by atoms with van der Waals surface area (Å²) in [6.45, 7) is 14.5. The highest BCUT2D eigenvalue weighted by atomic mass is 16.5. The fraction of sp³-hybridized carbons (Fsp3) is 0.300. The molecule has 0 radical (unpaired) electrons. The standard InChI is InChI=1S/C50H52N4O/c1-49(2,3)36-25-26-51-48(30-36)54-44-20-11-10-19-42(44)43-24-23-41(32-47(43)54)55-40-18-14-17-38(31-40)52-33-53(46-22-13-12-21-45(46)52)39-28-35(34-15-8-7-9-16-34)27-37(29-39)50(4,5)6/h10-14,17-32,34H,7-9,15-16,33H2,1-6H3. The summed E-state index contributed by atoms with van der Waals surface area (Å²) in [5.74, 6) is 3.15. The van der Waals surface area contributed by atoms with E-state index in [1.807, 2.05) is 6.20 Å². The van der Waals surface area contributed by atoms with Gasteiger partial charge in [0, 0.05) is 40.5 Å². The van der Waals surface area contributed by atoms with E-state index in [0.29, 0.717) is 5.92 Å². The number of para-hydroxylation sites is 3. The summed E-state index contributed by atoms with van der Waals surface area (Å²) in [5.41, 5.74) is 11.3. The van der Waals surface area contributed by atoms with Gasteiger partial charge in [0.05, 0.1) is 22.4 Å². The van der Waals surface area contributed by atoms with Crippen LogP contribution in [0.25, 0.3) is 27.6 Å². The Kier molecular flexibility index (Phi) is 8.72. The van der Waals surface area contributed by atoms with Crippen molar-refractivity contribution in [3.05, 3.63) is 144 Å². The number of benzene rings is 5. The number of anilines is 4. The quantitative estimate of drug-likeness (QED) is 0.171. The second-order valence-electron chi connectivity index (χ2n) is 17.7. The first-order valence-corrected chi connectivity index (χ1v) is 20.1. The first-order chi connectivity index (χ1) is 26.5. The van der Waals surface area contributed by atoms with Gasteiger partial charge in [-0.3, -0.25) is 4.57 Å². The largest absolute Gasteiger partial charge is 0.457 e. The number of ether oxygens (including phenoxy) is 1. The second kappa shape index (κ2) is 13.6. The molecule has 278 valence electrons. The van der Waals surface area contributed by atoms with Crippen LogP contribution in [0.5, 0.6) is 11.5 Å². The molecular weight excluding hydrogens is 673 g/mol. The molecule has 0 saturated heterocycles. The molecule has 2 aromatic heterocycles. The molecule has 0 amide bonds. The predicted molar refractivity (Wildman–Crippen MR) is 230 cm³/mol. The number of pyridine rings is 1. The minimum atomic E-state index is 0.0109. The number of nitrogens with zero attached hydrogens (tertiary/aromatic N) is 4. The molecule has 0 bridgehead atoms. The van der Waals surface area contributed by atoms with Crippen molar-refractivity contribution in [2.75, 3.05) is 16.5 Å². The maximum absolute atomic E-state index is 6.71. The molecule has 9 rings (SSSR count). The van der Waals surface area contributed by atoms with E-state index >= 15 is 0 Å². The lowest BCUT2D eigenvalue weighted by molar-refractivity contribution is 0.442. The van der Waals surface area contributed by atoms with Gasteiger partial charge in [0.1, 0.15) is 24.0 Å². The lowest BCUT2D eigenvalue weighted by Gasteiger charge is -2.29. The molecule has 2 aliphatic rings. The number of hydrogen-bond acceptors (Lipinski definition) is 4. The van der Waals surface area contributed by atoms with Crippen molar-refractivity contribution in [2.24, 2.45) is 0 Å². The molecule has 1 aliphatic carbocycles. The molecule has 1 aliphatic heterocycles. The zero-order valence-corrected chi connectivity index (χ0v) is 33.1. The van der Waals surface area contributed by atoms with Gasteiger partial charge >= 0.3 is 0 Å². The van der Waals surface area contributed by atoms with E-state index in [1.54, 1.807) is 0 Å². The number of rotatable bonds is 6. The number of aromatic nitrogens is 2. The van der Waals surface area contributed by atoms with Crippen LogP contribution in [0.4, 0.5) is 22.7 Å². The average molecular weight is 725 g/mol. The highest BCUT2D eigenvalue weighted by molar-refractivity contribution is 6.09. The van der Waals surface area contributed by atoms with Gasteiger partial charge in [-0.25, -0.2) is 4.98 Å². The highest BCUT2D eigenvalue weighted by Crippen LogP contribution is 2.47. The summed E-state index contributed by atoms with van der Waals surface area (Å²) in [7, 11) is 0. The molecule has 0 N–H and O–H groups in total. The van der Waals surface area contributed by atoms with E-state index < -0.39 is 0 Å².